The first-order valence-electron chi connectivity index (χ1n) is 8.53. The summed E-state index contributed by atoms with van der Waals surface area (Å²) in [6.07, 6.45) is 10.1. The minimum Gasteiger partial charge on any atom is -0.356 e. The minimum absolute atomic E-state index is 0.294. The topological polar surface area (TPSA) is 71.8 Å². The average molecular weight is 342 g/mol. The van der Waals surface area contributed by atoms with Crippen LogP contribution < -0.4 is 9.80 Å². The lowest BCUT2D eigenvalue weighted by Crippen LogP contribution is -2.38. The predicted molar refractivity (Wildman–Crippen MR) is 102 cm³/mol. The van der Waals surface area contributed by atoms with Crippen molar-refractivity contribution in [3.63, 3.8) is 0 Å². The van der Waals surface area contributed by atoms with Gasteiger partial charge in [0.1, 0.15) is 17.8 Å². The normalized spacial score (nSPS) is 16.4. The molecule has 4 rings (SSSR count). The van der Waals surface area contributed by atoms with E-state index in [1.165, 1.54) is 0 Å². The molecule has 1 aliphatic rings. The fourth-order valence-corrected chi connectivity index (χ4v) is 3.56. The van der Waals surface area contributed by atoms with Gasteiger partial charge in [0.2, 0.25) is 0 Å². The molecule has 1 aromatic carbocycles. The predicted octanol–water partition coefficient (Wildman–Crippen LogP) is 2.55. The van der Waals surface area contributed by atoms with Gasteiger partial charge in [-0.25, -0.2) is 9.97 Å². The van der Waals surface area contributed by atoms with Gasteiger partial charge in [0.25, 0.3) is 0 Å². The maximum absolute atomic E-state index is 8.99. The van der Waals surface area contributed by atoms with Gasteiger partial charge in [0.15, 0.2) is 0 Å². The van der Waals surface area contributed by atoms with Crippen molar-refractivity contribution >= 4 is 22.5 Å². The van der Waals surface area contributed by atoms with Gasteiger partial charge in [0.05, 0.1) is 23.6 Å². The number of aromatic nitrogens is 3. The monoisotopic (exact) mass is 342 g/mol. The molecule has 0 radical (unpaired) electrons. The zero-order valence-electron chi connectivity index (χ0n) is 14.3. The van der Waals surface area contributed by atoms with Gasteiger partial charge in [-0.1, -0.05) is 5.92 Å². The summed E-state index contributed by atoms with van der Waals surface area (Å²) in [6.45, 7) is 2.30. The van der Waals surface area contributed by atoms with Crippen LogP contribution in [0.4, 0.5) is 11.5 Å². The smallest absolute Gasteiger partial charge is 0.142 e. The maximum Gasteiger partial charge on any atom is 0.142 e. The van der Waals surface area contributed by atoms with Gasteiger partial charge >= 0.3 is 0 Å². The van der Waals surface area contributed by atoms with Crippen LogP contribution in [-0.2, 0) is 0 Å². The summed E-state index contributed by atoms with van der Waals surface area (Å²) in [6, 6.07) is 12.1. The highest BCUT2D eigenvalue weighted by Gasteiger charge is 2.29. The molecule has 1 unspecified atom stereocenters. The number of anilines is 2. The Morgan fingerprint density at radius 2 is 2.12 bits per heavy atom. The summed E-state index contributed by atoms with van der Waals surface area (Å²) in [5.74, 6) is 3.72. The van der Waals surface area contributed by atoms with Crippen molar-refractivity contribution in [1.29, 1.82) is 5.26 Å². The number of fused-ring (bicyclic) bond motifs is 1. The standard InChI is InChI=1S/C20H18N6/c1-2-10-26(16-5-3-15(12-21)4-6-16)17-8-11-25(13-17)20-18-7-9-22-19(18)23-14-24-20/h1,3-7,9,14,17H,8,10-11,13H2,(H,22,23,24). The number of nitrogens with zero attached hydrogens (tertiary/aromatic N) is 5. The second kappa shape index (κ2) is 6.78. The van der Waals surface area contributed by atoms with E-state index in [0.29, 0.717) is 18.2 Å². The molecule has 128 valence electrons. The van der Waals surface area contributed by atoms with Crippen LogP contribution in [0.3, 0.4) is 0 Å². The van der Waals surface area contributed by atoms with Crippen LogP contribution in [0.25, 0.3) is 11.0 Å². The highest BCUT2D eigenvalue weighted by atomic mass is 15.3. The summed E-state index contributed by atoms with van der Waals surface area (Å²) in [7, 11) is 0. The summed E-state index contributed by atoms with van der Waals surface area (Å²) in [4.78, 5) is 16.4. The Morgan fingerprint density at radius 3 is 2.88 bits per heavy atom. The van der Waals surface area contributed by atoms with Crippen molar-refractivity contribution in [3.8, 4) is 18.4 Å². The third kappa shape index (κ3) is 2.82. The fraction of sp³-hybridized carbons (Fsp3) is 0.250. The van der Waals surface area contributed by atoms with Crippen molar-refractivity contribution in [2.75, 3.05) is 29.4 Å². The second-order valence-corrected chi connectivity index (χ2v) is 6.32. The van der Waals surface area contributed by atoms with Crippen molar-refractivity contribution in [2.45, 2.75) is 12.5 Å². The average Bonchev–Trinajstić information content (AvgIpc) is 3.35. The Balaban J connectivity index is 1.58. The van der Waals surface area contributed by atoms with Crippen LogP contribution >= 0.6 is 0 Å². The zero-order chi connectivity index (χ0) is 17.9. The first kappa shape index (κ1) is 16.0. The number of rotatable bonds is 4. The molecule has 1 fully saturated rings. The Hall–Kier alpha value is -3.51. The number of hydrogen-bond donors (Lipinski definition) is 1. The van der Waals surface area contributed by atoms with E-state index in [4.69, 9.17) is 11.7 Å². The fourth-order valence-electron chi connectivity index (χ4n) is 3.56. The van der Waals surface area contributed by atoms with Crippen LogP contribution in [0.2, 0.25) is 0 Å². The van der Waals surface area contributed by atoms with Gasteiger partial charge in [-0.2, -0.15) is 5.26 Å². The zero-order valence-corrected chi connectivity index (χ0v) is 14.3. The Morgan fingerprint density at radius 1 is 1.27 bits per heavy atom. The second-order valence-electron chi connectivity index (χ2n) is 6.32. The highest BCUT2D eigenvalue weighted by Crippen LogP contribution is 2.29. The largest absolute Gasteiger partial charge is 0.356 e. The lowest BCUT2D eigenvalue weighted by Gasteiger charge is -2.29. The van der Waals surface area contributed by atoms with E-state index in [-0.39, 0.29) is 0 Å². The molecular weight excluding hydrogens is 324 g/mol. The number of nitrogens with one attached hydrogen (secondary N) is 1. The molecule has 0 aliphatic carbocycles. The molecule has 1 atom stereocenters. The summed E-state index contributed by atoms with van der Waals surface area (Å²) in [5, 5.41) is 10.0. The highest BCUT2D eigenvalue weighted by molar-refractivity contribution is 5.87. The molecule has 26 heavy (non-hydrogen) atoms. The first-order chi connectivity index (χ1) is 12.8. The van der Waals surface area contributed by atoms with Gasteiger partial charge in [-0.3, -0.25) is 0 Å². The van der Waals surface area contributed by atoms with E-state index in [1.54, 1.807) is 6.33 Å². The molecule has 1 saturated heterocycles. The number of H-pyrrole nitrogens is 1. The molecule has 2 aromatic heterocycles. The van der Waals surface area contributed by atoms with Gasteiger partial charge in [-0.15, -0.1) is 6.42 Å². The number of benzene rings is 1. The Kier molecular flexibility index (Phi) is 4.17. The van der Waals surface area contributed by atoms with Gasteiger partial charge in [0, 0.05) is 31.0 Å². The summed E-state index contributed by atoms with van der Waals surface area (Å²) < 4.78 is 0. The maximum atomic E-state index is 8.99. The molecule has 0 bridgehead atoms. The molecule has 1 N–H and O–H groups in total. The quantitative estimate of drug-likeness (QED) is 0.738. The molecule has 0 spiro atoms. The Labute approximate surface area is 152 Å². The molecule has 0 amide bonds. The van der Waals surface area contributed by atoms with Crippen molar-refractivity contribution in [3.05, 3.63) is 48.4 Å². The van der Waals surface area contributed by atoms with Crippen molar-refractivity contribution in [1.82, 2.24) is 15.0 Å². The molecule has 3 aromatic rings. The van der Waals surface area contributed by atoms with Gasteiger partial charge < -0.3 is 14.8 Å². The van der Waals surface area contributed by atoms with Crippen LogP contribution in [0.15, 0.2) is 42.9 Å². The van der Waals surface area contributed by atoms with E-state index in [0.717, 1.165) is 42.0 Å². The van der Waals surface area contributed by atoms with Crippen LogP contribution in [-0.4, -0.2) is 40.6 Å². The van der Waals surface area contributed by atoms with Crippen LogP contribution in [0.5, 0.6) is 0 Å². The molecule has 1 aliphatic heterocycles. The van der Waals surface area contributed by atoms with Gasteiger partial charge in [-0.05, 0) is 36.8 Å². The first-order valence-corrected chi connectivity index (χ1v) is 8.53. The number of terminal acetylenes is 1. The lowest BCUT2D eigenvalue weighted by atomic mass is 10.1. The number of hydrogen-bond acceptors (Lipinski definition) is 5. The molecule has 6 heteroatoms. The van der Waals surface area contributed by atoms with E-state index >= 15 is 0 Å². The third-order valence-electron chi connectivity index (χ3n) is 4.83. The van der Waals surface area contributed by atoms with E-state index in [9.17, 15) is 0 Å². The summed E-state index contributed by atoms with van der Waals surface area (Å²) >= 11 is 0. The van der Waals surface area contributed by atoms with Crippen molar-refractivity contribution in [2.24, 2.45) is 0 Å². The molecule has 6 nitrogen and oxygen atoms in total. The molecular formula is C20H18N6. The van der Waals surface area contributed by atoms with Crippen LogP contribution in [0, 0.1) is 23.7 Å². The van der Waals surface area contributed by atoms with E-state index in [2.05, 4.69) is 36.7 Å². The van der Waals surface area contributed by atoms with E-state index in [1.807, 2.05) is 36.5 Å². The number of aromatic amines is 1. The number of nitriles is 1. The summed E-state index contributed by atoms with van der Waals surface area (Å²) in [5.41, 5.74) is 2.55. The molecule has 0 saturated carbocycles. The lowest BCUT2D eigenvalue weighted by molar-refractivity contribution is 0.672. The SMILES string of the molecule is C#CCN(c1ccc(C#N)cc1)C1CCN(c2ncnc3[nH]ccc23)C1. The van der Waals surface area contributed by atoms with E-state index < -0.39 is 0 Å². The Bertz CT molecular complexity index is 992. The van der Waals surface area contributed by atoms with Crippen LogP contribution in [0.1, 0.15) is 12.0 Å². The minimum atomic E-state index is 0.294. The molecule has 3 heterocycles. The third-order valence-corrected chi connectivity index (χ3v) is 4.83. The van der Waals surface area contributed by atoms with Crippen molar-refractivity contribution < 1.29 is 0 Å².